The second-order valence-corrected chi connectivity index (χ2v) is 9.81. The number of carbonyl (C=O) groups excluding carboxylic acids is 1. The lowest BCUT2D eigenvalue weighted by Gasteiger charge is -2.28. The zero-order chi connectivity index (χ0) is 27.7. The van der Waals surface area contributed by atoms with Crippen molar-refractivity contribution in [2.45, 2.75) is 20.0 Å². The molecule has 1 atom stereocenters. The van der Waals surface area contributed by atoms with Crippen molar-refractivity contribution in [3.05, 3.63) is 53.6 Å². The van der Waals surface area contributed by atoms with Crippen LogP contribution in [0.2, 0.25) is 0 Å². The van der Waals surface area contributed by atoms with Gasteiger partial charge in [-0.1, -0.05) is 26.0 Å². The number of ether oxygens (including phenoxy) is 3. The van der Waals surface area contributed by atoms with Gasteiger partial charge in [-0.15, -0.1) is 0 Å². The molecule has 2 aromatic carbocycles. The monoisotopic (exact) mass is 527 g/mol. The number of fused-ring (bicyclic) bond motifs is 1. The van der Waals surface area contributed by atoms with Gasteiger partial charge < -0.3 is 29.3 Å². The molecule has 200 valence electrons. The molecule has 11 nitrogen and oxygen atoms in total. The average Bonchev–Trinajstić information content (AvgIpc) is 3.34. The standard InChI is InChI=1S/C28H29N7O4/c1-16(2)23-25(36)31-22-26(37-20-10-9-18(15-29)21(14-20)34(3)4)32-28(33-27(22)39-23)38-19-8-6-7-17(13-19)24-30-11-12-35(24)5/h6-10,13-14,16,23H,11-12H2,1-5H3,(H,31,36). The second kappa shape index (κ2) is 10.5. The number of anilines is 2. The number of benzene rings is 2. The lowest BCUT2D eigenvalue weighted by atomic mass is 10.1. The molecule has 3 heterocycles. The average molecular weight is 528 g/mol. The minimum absolute atomic E-state index is 0.0113. The van der Waals surface area contributed by atoms with Gasteiger partial charge in [0, 0.05) is 39.3 Å². The highest BCUT2D eigenvalue weighted by atomic mass is 16.5. The summed E-state index contributed by atoms with van der Waals surface area (Å²) >= 11 is 0. The minimum Gasteiger partial charge on any atom is -0.462 e. The van der Waals surface area contributed by atoms with Crippen LogP contribution >= 0.6 is 0 Å². The molecule has 1 aromatic heterocycles. The van der Waals surface area contributed by atoms with Crippen LogP contribution in [0.3, 0.4) is 0 Å². The summed E-state index contributed by atoms with van der Waals surface area (Å²) in [6.07, 6.45) is -0.734. The van der Waals surface area contributed by atoms with Crippen molar-refractivity contribution < 1.29 is 19.0 Å². The third kappa shape index (κ3) is 5.27. The molecule has 0 saturated carbocycles. The van der Waals surface area contributed by atoms with Crippen LogP contribution in [0, 0.1) is 17.2 Å². The van der Waals surface area contributed by atoms with Gasteiger partial charge in [0.2, 0.25) is 5.88 Å². The van der Waals surface area contributed by atoms with E-state index in [1.807, 2.05) is 58.1 Å². The van der Waals surface area contributed by atoms with E-state index < -0.39 is 6.10 Å². The molecule has 0 fully saturated rings. The van der Waals surface area contributed by atoms with E-state index in [0.717, 1.165) is 24.5 Å². The van der Waals surface area contributed by atoms with Gasteiger partial charge in [-0.2, -0.15) is 15.2 Å². The van der Waals surface area contributed by atoms with E-state index >= 15 is 0 Å². The molecule has 2 aliphatic rings. The molecule has 1 N–H and O–H groups in total. The van der Waals surface area contributed by atoms with Crippen LogP contribution in [0.15, 0.2) is 47.5 Å². The van der Waals surface area contributed by atoms with E-state index in [2.05, 4.69) is 31.2 Å². The first-order valence-electron chi connectivity index (χ1n) is 12.6. The van der Waals surface area contributed by atoms with Gasteiger partial charge in [0.15, 0.2) is 11.8 Å². The number of rotatable bonds is 7. The highest BCUT2D eigenvalue weighted by molar-refractivity contribution is 6.00. The first kappa shape index (κ1) is 25.8. The SMILES string of the molecule is CC(C)C1Oc2nc(Oc3cccc(C4=NCCN4C)c3)nc(Oc3ccc(C#N)c(N(C)C)c3)c2NC1=O. The molecule has 0 aliphatic carbocycles. The van der Waals surface area contributed by atoms with Gasteiger partial charge in [0.1, 0.15) is 23.4 Å². The molecule has 11 heteroatoms. The van der Waals surface area contributed by atoms with E-state index in [-0.39, 0.29) is 35.3 Å². The topological polar surface area (TPSA) is 125 Å². The molecule has 0 saturated heterocycles. The van der Waals surface area contributed by atoms with Crippen LogP contribution in [-0.2, 0) is 4.79 Å². The normalized spacial score (nSPS) is 16.1. The summed E-state index contributed by atoms with van der Waals surface area (Å²) in [5.41, 5.74) is 2.29. The number of hydrogen-bond donors (Lipinski definition) is 1. The zero-order valence-electron chi connectivity index (χ0n) is 22.4. The number of nitrogens with zero attached hydrogens (tertiary/aromatic N) is 6. The maximum atomic E-state index is 12.8. The smallest absolute Gasteiger partial charge is 0.328 e. The molecule has 5 rings (SSSR count). The molecule has 1 amide bonds. The minimum atomic E-state index is -0.734. The van der Waals surface area contributed by atoms with E-state index in [0.29, 0.717) is 22.7 Å². The zero-order valence-corrected chi connectivity index (χ0v) is 22.4. The molecular weight excluding hydrogens is 498 g/mol. The Morgan fingerprint density at radius 3 is 2.64 bits per heavy atom. The lowest BCUT2D eigenvalue weighted by molar-refractivity contribution is -0.125. The Morgan fingerprint density at radius 1 is 1.15 bits per heavy atom. The highest BCUT2D eigenvalue weighted by Crippen LogP contribution is 2.41. The van der Waals surface area contributed by atoms with Gasteiger partial charge in [-0.3, -0.25) is 9.79 Å². The predicted octanol–water partition coefficient (Wildman–Crippen LogP) is 4.05. The van der Waals surface area contributed by atoms with E-state index in [1.54, 1.807) is 24.3 Å². The maximum Gasteiger partial charge on any atom is 0.328 e. The quantitative estimate of drug-likeness (QED) is 0.484. The van der Waals surface area contributed by atoms with Crippen LogP contribution in [0.25, 0.3) is 0 Å². The number of nitriles is 1. The van der Waals surface area contributed by atoms with Crippen molar-refractivity contribution in [3.63, 3.8) is 0 Å². The van der Waals surface area contributed by atoms with Crippen LogP contribution in [0.5, 0.6) is 29.3 Å². The van der Waals surface area contributed by atoms with Crippen LogP contribution in [-0.4, -0.2) is 66.9 Å². The number of hydrogen-bond acceptors (Lipinski definition) is 10. The van der Waals surface area contributed by atoms with E-state index in [4.69, 9.17) is 14.2 Å². The fourth-order valence-corrected chi connectivity index (χ4v) is 4.32. The number of aliphatic imine (C=N–C) groups is 1. The first-order chi connectivity index (χ1) is 18.7. The van der Waals surface area contributed by atoms with Crippen molar-refractivity contribution in [2.75, 3.05) is 44.4 Å². The summed E-state index contributed by atoms with van der Waals surface area (Å²) in [5, 5.41) is 12.3. The van der Waals surface area contributed by atoms with Crippen molar-refractivity contribution >= 4 is 23.1 Å². The Labute approximate surface area is 226 Å². The van der Waals surface area contributed by atoms with Crippen molar-refractivity contribution in [1.29, 1.82) is 5.26 Å². The summed E-state index contributed by atoms with van der Waals surface area (Å²) in [6, 6.07) is 14.7. The third-order valence-electron chi connectivity index (χ3n) is 6.32. The maximum absolute atomic E-state index is 12.8. The van der Waals surface area contributed by atoms with Gasteiger partial charge >= 0.3 is 6.01 Å². The van der Waals surface area contributed by atoms with Crippen molar-refractivity contribution in [3.8, 4) is 35.3 Å². The van der Waals surface area contributed by atoms with E-state index in [1.165, 1.54) is 0 Å². The third-order valence-corrected chi connectivity index (χ3v) is 6.32. The fraction of sp³-hybridized carbons (Fsp3) is 0.321. The molecule has 39 heavy (non-hydrogen) atoms. The lowest BCUT2D eigenvalue weighted by Crippen LogP contribution is -2.41. The van der Waals surface area contributed by atoms with Crippen molar-refractivity contribution in [1.82, 2.24) is 14.9 Å². The molecule has 2 aliphatic heterocycles. The Kier molecular flexibility index (Phi) is 6.94. The second-order valence-electron chi connectivity index (χ2n) is 9.81. The number of amides is 1. The highest BCUT2D eigenvalue weighted by Gasteiger charge is 2.35. The Morgan fingerprint density at radius 2 is 1.95 bits per heavy atom. The number of amidine groups is 1. The molecule has 0 bridgehead atoms. The van der Waals surface area contributed by atoms with Crippen LogP contribution in [0.4, 0.5) is 11.4 Å². The Hall–Kier alpha value is -4.85. The Bertz CT molecular complexity index is 1500. The molecule has 0 spiro atoms. The summed E-state index contributed by atoms with van der Waals surface area (Å²) in [7, 11) is 5.67. The largest absolute Gasteiger partial charge is 0.462 e. The summed E-state index contributed by atoms with van der Waals surface area (Å²) in [5.74, 6) is 1.59. The van der Waals surface area contributed by atoms with Gasteiger partial charge in [0.25, 0.3) is 11.8 Å². The van der Waals surface area contributed by atoms with Gasteiger partial charge in [-0.25, -0.2) is 0 Å². The molecule has 3 aromatic rings. The number of nitrogens with one attached hydrogen (secondary N) is 1. The summed E-state index contributed by atoms with van der Waals surface area (Å²) in [4.78, 5) is 30.1. The number of aromatic nitrogens is 2. The molecule has 1 unspecified atom stereocenters. The fourth-order valence-electron chi connectivity index (χ4n) is 4.32. The first-order valence-corrected chi connectivity index (χ1v) is 12.6. The van der Waals surface area contributed by atoms with Gasteiger partial charge in [0.05, 0.1) is 17.8 Å². The van der Waals surface area contributed by atoms with Gasteiger partial charge in [-0.05, 0) is 30.2 Å². The van der Waals surface area contributed by atoms with Crippen molar-refractivity contribution in [2.24, 2.45) is 10.9 Å². The van der Waals surface area contributed by atoms with E-state index in [9.17, 15) is 10.1 Å². The molecule has 0 radical (unpaired) electrons. The van der Waals surface area contributed by atoms with Crippen LogP contribution < -0.4 is 24.4 Å². The van der Waals surface area contributed by atoms with Crippen LogP contribution in [0.1, 0.15) is 25.0 Å². The number of carbonyl (C=O) groups is 1. The molecular formula is C28H29N7O4. The predicted molar refractivity (Wildman–Crippen MR) is 146 cm³/mol. The summed E-state index contributed by atoms with van der Waals surface area (Å²) < 4.78 is 18.2. The Balaban J connectivity index is 1.52. The number of likely N-dealkylation sites (N-methyl/N-ethyl adjacent to an activating group) is 1. The summed E-state index contributed by atoms with van der Waals surface area (Å²) in [6.45, 7) is 5.38.